The second-order valence-corrected chi connectivity index (χ2v) is 3.84. The number of hydrogen-bond acceptors (Lipinski definition) is 2. The van der Waals surface area contributed by atoms with Gasteiger partial charge in [-0.05, 0) is 32.0 Å². The predicted molar refractivity (Wildman–Crippen MR) is 61.5 cm³/mol. The van der Waals surface area contributed by atoms with E-state index in [1.54, 1.807) is 12.1 Å². The van der Waals surface area contributed by atoms with Crippen LogP contribution in [0, 0.1) is 5.82 Å². The maximum atomic E-state index is 13.7. The summed E-state index contributed by atoms with van der Waals surface area (Å²) in [5.74, 6) is 0.635. The van der Waals surface area contributed by atoms with Crippen molar-refractivity contribution in [3.8, 4) is 0 Å². The van der Waals surface area contributed by atoms with E-state index in [1.165, 1.54) is 6.07 Å². The van der Waals surface area contributed by atoms with Crippen molar-refractivity contribution in [2.24, 2.45) is 0 Å². The Hall–Kier alpha value is -1.35. The molecule has 0 fully saturated rings. The van der Waals surface area contributed by atoms with Crippen molar-refractivity contribution in [3.63, 3.8) is 0 Å². The quantitative estimate of drug-likeness (QED) is 0.847. The van der Waals surface area contributed by atoms with Crippen LogP contribution in [0.5, 0.6) is 0 Å². The van der Waals surface area contributed by atoms with E-state index < -0.39 is 0 Å². The lowest BCUT2D eigenvalue weighted by Gasteiger charge is -2.24. The van der Waals surface area contributed by atoms with E-state index in [4.69, 9.17) is 4.74 Å². The van der Waals surface area contributed by atoms with E-state index in [-0.39, 0.29) is 11.9 Å². The Bertz CT molecular complexity index is 389. The molecule has 0 aliphatic carbocycles. The molecule has 0 saturated carbocycles. The average Bonchev–Trinajstić information content (AvgIpc) is 2.34. The fourth-order valence-electron chi connectivity index (χ4n) is 1.94. The molecule has 1 atom stereocenters. The number of ether oxygens (including phenoxy) is 1. The molecular formula is C13H16FNO. The molecule has 2 rings (SSSR count). The molecule has 86 valence electrons. The van der Waals surface area contributed by atoms with Crippen molar-refractivity contribution in [2.45, 2.75) is 18.9 Å². The molecule has 1 aliphatic heterocycles. The zero-order valence-electron chi connectivity index (χ0n) is 9.37. The number of nitrogens with one attached hydrogen (secondary N) is 1. The third-order valence-corrected chi connectivity index (χ3v) is 2.75. The number of halogens is 1. The molecular weight excluding hydrogens is 205 g/mol. The van der Waals surface area contributed by atoms with Gasteiger partial charge in [-0.2, -0.15) is 0 Å². The van der Waals surface area contributed by atoms with Crippen molar-refractivity contribution >= 4 is 0 Å². The first-order valence-electron chi connectivity index (χ1n) is 5.57. The van der Waals surface area contributed by atoms with Crippen LogP contribution >= 0.6 is 0 Å². The zero-order chi connectivity index (χ0) is 11.4. The third kappa shape index (κ3) is 2.25. The van der Waals surface area contributed by atoms with Crippen LogP contribution in [-0.4, -0.2) is 13.7 Å². The molecule has 3 heteroatoms. The van der Waals surface area contributed by atoms with E-state index in [2.05, 4.69) is 5.32 Å². The van der Waals surface area contributed by atoms with Gasteiger partial charge < -0.3 is 10.1 Å². The molecule has 16 heavy (non-hydrogen) atoms. The van der Waals surface area contributed by atoms with E-state index in [1.807, 2.05) is 19.2 Å². The second-order valence-electron chi connectivity index (χ2n) is 3.84. The largest absolute Gasteiger partial charge is 0.496 e. The molecule has 1 unspecified atom stereocenters. The van der Waals surface area contributed by atoms with Gasteiger partial charge in [0.1, 0.15) is 11.6 Å². The summed E-state index contributed by atoms with van der Waals surface area (Å²) in [6.07, 6.45) is 4.08. The Labute approximate surface area is 95.1 Å². The van der Waals surface area contributed by atoms with Gasteiger partial charge in [-0.25, -0.2) is 4.39 Å². The van der Waals surface area contributed by atoms with E-state index >= 15 is 0 Å². The van der Waals surface area contributed by atoms with Crippen molar-refractivity contribution < 1.29 is 9.13 Å². The van der Waals surface area contributed by atoms with Gasteiger partial charge in [0.2, 0.25) is 0 Å². The smallest absolute Gasteiger partial charge is 0.128 e. The molecule has 1 aromatic rings. The Morgan fingerprint density at radius 3 is 2.81 bits per heavy atom. The Morgan fingerprint density at radius 1 is 1.38 bits per heavy atom. The lowest BCUT2D eigenvalue weighted by atomic mass is 10.0. The van der Waals surface area contributed by atoms with Crippen LogP contribution in [0.15, 0.2) is 36.1 Å². The number of likely N-dealkylation sites (N-methyl/N-ethyl adjacent to an activating group) is 1. The Kier molecular flexibility index (Phi) is 3.57. The SMILES string of the molecule is CNC(C1=CCCCO1)c1ccccc1F. The van der Waals surface area contributed by atoms with Gasteiger partial charge in [-0.1, -0.05) is 18.2 Å². The van der Waals surface area contributed by atoms with E-state index in [0.717, 1.165) is 25.2 Å². The molecule has 1 N–H and O–H groups in total. The van der Waals surface area contributed by atoms with Crippen molar-refractivity contribution in [1.29, 1.82) is 0 Å². The van der Waals surface area contributed by atoms with Crippen LogP contribution < -0.4 is 5.32 Å². The molecule has 0 bridgehead atoms. The summed E-state index contributed by atoms with van der Waals surface area (Å²) < 4.78 is 19.2. The first-order chi connectivity index (χ1) is 7.83. The van der Waals surface area contributed by atoms with Gasteiger partial charge in [0.25, 0.3) is 0 Å². The van der Waals surface area contributed by atoms with Gasteiger partial charge >= 0.3 is 0 Å². The minimum absolute atomic E-state index is 0.179. The van der Waals surface area contributed by atoms with Crippen LogP contribution in [0.25, 0.3) is 0 Å². The normalized spacial score (nSPS) is 17.5. The standard InChI is InChI=1S/C13H16FNO/c1-15-13(12-8-4-5-9-16-12)10-6-2-3-7-11(10)14/h2-3,6-8,13,15H,4-5,9H2,1H3. The third-order valence-electron chi connectivity index (χ3n) is 2.75. The van der Waals surface area contributed by atoms with Crippen molar-refractivity contribution in [1.82, 2.24) is 5.32 Å². The Morgan fingerprint density at radius 2 is 2.19 bits per heavy atom. The van der Waals surface area contributed by atoms with Gasteiger partial charge in [-0.3, -0.25) is 0 Å². The van der Waals surface area contributed by atoms with E-state index in [0.29, 0.717) is 5.56 Å². The summed E-state index contributed by atoms with van der Waals surface area (Å²) in [6, 6.07) is 6.62. The molecule has 0 amide bonds. The molecule has 0 spiro atoms. The van der Waals surface area contributed by atoms with Crippen LogP contribution in [0.4, 0.5) is 4.39 Å². The molecule has 2 nitrogen and oxygen atoms in total. The topological polar surface area (TPSA) is 21.3 Å². The lowest BCUT2D eigenvalue weighted by Crippen LogP contribution is -2.23. The van der Waals surface area contributed by atoms with Crippen LogP contribution in [0.3, 0.4) is 0 Å². The number of allylic oxidation sites excluding steroid dienone is 1. The van der Waals surface area contributed by atoms with Gasteiger partial charge in [0.15, 0.2) is 0 Å². The summed E-state index contributed by atoms with van der Waals surface area (Å²) in [7, 11) is 1.82. The highest BCUT2D eigenvalue weighted by Gasteiger charge is 2.20. The van der Waals surface area contributed by atoms with Crippen molar-refractivity contribution in [2.75, 3.05) is 13.7 Å². The summed E-state index contributed by atoms with van der Waals surface area (Å²) in [6.45, 7) is 0.721. The number of hydrogen-bond donors (Lipinski definition) is 1. The summed E-state index contributed by atoms with van der Waals surface area (Å²) >= 11 is 0. The van der Waals surface area contributed by atoms with E-state index in [9.17, 15) is 4.39 Å². The van der Waals surface area contributed by atoms with Crippen LogP contribution in [0.2, 0.25) is 0 Å². The molecule has 0 saturated heterocycles. The highest BCUT2D eigenvalue weighted by Crippen LogP contribution is 2.27. The van der Waals surface area contributed by atoms with Crippen molar-refractivity contribution in [3.05, 3.63) is 47.5 Å². The summed E-state index contributed by atoms with van der Waals surface area (Å²) in [4.78, 5) is 0. The second kappa shape index (κ2) is 5.12. The lowest BCUT2D eigenvalue weighted by molar-refractivity contribution is 0.169. The van der Waals surface area contributed by atoms with Gasteiger partial charge in [0.05, 0.1) is 12.6 Å². The first kappa shape index (κ1) is 11.1. The first-order valence-corrected chi connectivity index (χ1v) is 5.57. The number of rotatable bonds is 3. The van der Waals surface area contributed by atoms with Gasteiger partial charge in [-0.15, -0.1) is 0 Å². The van der Waals surface area contributed by atoms with Gasteiger partial charge in [0, 0.05) is 5.56 Å². The van der Waals surface area contributed by atoms with Crippen LogP contribution in [0.1, 0.15) is 24.4 Å². The molecule has 1 heterocycles. The Balaban J connectivity index is 2.28. The monoisotopic (exact) mass is 221 g/mol. The minimum atomic E-state index is -0.197. The highest BCUT2D eigenvalue weighted by molar-refractivity contribution is 5.27. The molecule has 1 aliphatic rings. The summed E-state index contributed by atoms with van der Waals surface area (Å²) in [5.41, 5.74) is 0.637. The highest BCUT2D eigenvalue weighted by atomic mass is 19.1. The maximum absolute atomic E-state index is 13.7. The molecule has 0 radical (unpaired) electrons. The zero-order valence-corrected chi connectivity index (χ0v) is 9.37. The fourth-order valence-corrected chi connectivity index (χ4v) is 1.94. The molecule has 1 aromatic carbocycles. The molecule has 0 aromatic heterocycles. The maximum Gasteiger partial charge on any atom is 0.128 e. The minimum Gasteiger partial charge on any atom is -0.496 e. The predicted octanol–water partition coefficient (Wildman–Crippen LogP) is 2.78. The fraction of sp³-hybridized carbons (Fsp3) is 0.385. The number of benzene rings is 1. The van der Waals surface area contributed by atoms with Crippen LogP contribution in [-0.2, 0) is 4.74 Å². The average molecular weight is 221 g/mol. The summed E-state index contributed by atoms with van der Waals surface area (Å²) in [5, 5.41) is 3.10.